The zero-order valence-corrected chi connectivity index (χ0v) is 16.6. The zero-order chi connectivity index (χ0) is 19.6. The number of primary amides is 1. The number of carbonyl (C=O) groups is 2. The number of carbonyl (C=O) groups excluding carboxylic acids is 2. The average molecular weight is 384 g/mol. The summed E-state index contributed by atoms with van der Waals surface area (Å²) in [7, 11) is 0. The van der Waals surface area contributed by atoms with Gasteiger partial charge in [-0.2, -0.15) is 0 Å². The molecule has 1 aliphatic heterocycles. The largest absolute Gasteiger partial charge is 0.444 e. The summed E-state index contributed by atoms with van der Waals surface area (Å²) in [5.41, 5.74) is 5.34. The highest BCUT2D eigenvalue weighted by atomic mass is 35.5. The van der Waals surface area contributed by atoms with Crippen LogP contribution in [0.3, 0.4) is 0 Å². The summed E-state index contributed by atoms with van der Waals surface area (Å²) >= 11 is 5.81. The first-order chi connectivity index (χ1) is 12.2. The van der Waals surface area contributed by atoms with E-state index in [0.29, 0.717) is 13.1 Å². The summed E-state index contributed by atoms with van der Waals surface area (Å²) in [6.07, 6.45) is 3.00. The molecule has 1 aromatic carbocycles. The molecule has 1 aromatic rings. The molecule has 1 fully saturated rings. The van der Waals surface area contributed by atoms with Gasteiger partial charge in [-0.1, -0.05) is 30.2 Å². The summed E-state index contributed by atoms with van der Waals surface area (Å²) in [6.45, 7) is 8.48. The number of piperidine rings is 1. The van der Waals surface area contributed by atoms with E-state index in [1.165, 1.54) is 19.3 Å². The average Bonchev–Trinajstić information content (AvgIpc) is 2.53. The summed E-state index contributed by atoms with van der Waals surface area (Å²) in [6, 6.07) is 7.55. The minimum absolute atomic E-state index is 0.104. The fourth-order valence-corrected chi connectivity index (χ4v) is 2.61. The van der Waals surface area contributed by atoms with Crippen molar-refractivity contribution in [3.8, 4) is 0 Å². The molecule has 2 amide bonds. The van der Waals surface area contributed by atoms with Gasteiger partial charge in [0, 0.05) is 11.6 Å². The quantitative estimate of drug-likeness (QED) is 0.835. The fraction of sp³-hybridized carbons (Fsp3) is 0.579. The van der Waals surface area contributed by atoms with Gasteiger partial charge in [-0.3, -0.25) is 9.69 Å². The smallest absolute Gasteiger partial charge is 0.405 e. The van der Waals surface area contributed by atoms with Gasteiger partial charge >= 0.3 is 6.09 Å². The third-order valence-corrected chi connectivity index (χ3v) is 3.88. The minimum Gasteiger partial charge on any atom is -0.444 e. The second-order valence-corrected chi connectivity index (χ2v) is 7.71. The maximum atomic E-state index is 11.8. The Morgan fingerprint density at radius 1 is 1.15 bits per heavy atom. The van der Waals surface area contributed by atoms with E-state index in [-0.39, 0.29) is 5.91 Å². The molecule has 6 nitrogen and oxygen atoms in total. The van der Waals surface area contributed by atoms with Crippen LogP contribution in [0.5, 0.6) is 0 Å². The molecular formula is C19H30ClN3O3. The van der Waals surface area contributed by atoms with Crippen LogP contribution >= 0.6 is 11.6 Å². The number of nitrogens with one attached hydrogen (secondary N) is 1. The predicted molar refractivity (Wildman–Crippen MR) is 104 cm³/mol. The monoisotopic (exact) mass is 383 g/mol. The van der Waals surface area contributed by atoms with Gasteiger partial charge in [0.2, 0.25) is 5.91 Å². The Balaban J connectivity index is 0.000000359. The second kappa shape index (κ2) is 11.0. The summed E-state index contributed by atoms with van der Waals surface area (Å²) < 4.78 is 4.58. The molecule has 146 valence electrons. The van der Waals surface area contributed by atoms with E-state index in [1.54, 1.807) is 20.8 Å². The van der Waals surface area contributed by atoms with E-state index in [9.17, 15) is 9.59 Å². The molecule has 2 rings (SSSR count). The molecule has 0 spiro atoms. The van der Waals surface area contributed by atoms with Crippen molar-refractivity contribution in [3.63, 3.8) is 0 Å². The minimum atomic E-state index is -0.725. The second-order valence-electron chi connectivity index (χ2n) is 7.27. The van der Waals surface area contributed by atoms with Gasteiger partial charge in [-0.15, -0.1) is 0 Å². The van der Waals surface area contributed by atoms with Gasteiger partial charge in [0.05, 0.1) is 6.54 Å². The number of nitrogens with zero attached hydrogens (tertiary/aromatic N) is 1. The number of likely N-dealkylation sites (tertiary alicyclic amines) is 1. The molecule has 3 N–H and O–H groups in total. The lowest BCUT2D eigenvalue weighted by Crippen LogP contribution is -2.39. The molecule has 0 atom stereocenters. The highest BCUT2D eigenvalue weighted by Gasteiger charge is 2.13. The maximum absolute atomic E-state index is 11.8. The molecule has 0 saturated carbocycles. The van der Waals surface area contributed by atoms with E-state index in [1.807, 2.05) is 24.3 Å². The molecule has 1 heterocycles. The van der Waals surface area contributed by atoms with E-state index < -0.39 is 11.7 Å². The number of hydrogen-bond acceptors (Lipinski definition) is 4. The highest BCUT2D eigenvalue weighted by molar-refractivity contribution is 6.30. The molecule has 0 aliphatic carbocycles. The van der Waals surface area contributed by atoms with Crippen LogP contribution in [0.2, 0.25) is 5.02 Å². The van der Waals surface area contributed by atoms with Gasteiger partial charge in [-0.05, 0) is 64.4 Å². The third kappa shape index (κ3) is 10.9. The molecule has 1 saturated heterocycles. The van der Waals surface area contributed by atoms with Crippen LogP contribution in [0.15, 0.2) is 24.3 Å². The lowest BCUT2D eigenvalue weighted by atomic mass is 10.1. The molecule has 0 bridgehead atoms. The first kappa shape index (κ1) is 22.3. The Hall–Kier alpha value is -1.79. The summed E-state index contributed by atoms with van der Waals surface area (Å²) in [5, 5.41) is 3.66. The van der Waals surface area contributed by atoms with E-state index in [4.69, 9.17) is 17.3 Å². The van der Waals surface area contributed by atoms with E-state index in [0.717, 1.165) is 23.7 Å². The Bertz CT molecular complexity index is 564. The van der Waals surface area contributed by atoms with Crippen LogP contribution in [-0.2, 0) is 16.1 Å². The third-order valence-electron chi connectivity index (χ3n) is 3.63. The molecule has 1 aliphatic rings. The molecule has 26 heavy (non-hydrogen) atoms. The van der Waals surface area contributed by atoms with Crippen molar-refractivity contribution in [2.24, 2.45) is 5.73 Å². The number of ether oxygens (including phenoxy) is 1. The standard InChI is InChI=1S/C14H19ClN2O.C5H11NO2/c15-13-6-4-12(5-7-13)10-16-14(18)11-17-8-2-1-3-9-17;1-5(2,3)8-4(6)7/h4-7H,1-3,8-11H2,(H,16,18);1-3H3,(H2,6,7). The van der Waals surface area contributed by atoms with Crippen molar-refractivity contribution in [2.45, 2.75) is 52.2 Å². The molecule has 0 unspecified atom stereocenters. The molecular weight excluding hydrogens is 354 g/mol. The lowest BCUT2D eigenvalue weighted by Gasteiger charge is -2.25. The maximum Gasteiger partial charge on any atom is 0.405 e. The fourth-order valence-electron chi connectivity index (χ4n) is 2.48. The Morgan fingerprint density at radius 2 is 1.73 bits per heavy atom. The Labute approximate surface area is 161 Å². The normalized spacial score (nSPS) is 14.8. The number of rotatable bonds is 4. The molecule has 7 heteroatoms. The van der Waals surface area contributed by atoms with Gasteiger partial charge in [0.25, 0.3) is 0 Å². The van der Waals surface area contributed by atoms with E-state index >= 15 is 0 Å². The first-order valence-corrected chi connectivity index (χ1v) is 9.25. The van der Waals surface area contributed by atoms with Crippen LogP contribution in [-0.4, -0.2) is 42.1 Å². The Morgan fingerprint density at radius 3 is 2.19 bits per heavy atom. The van der Waals surface area contributed by atoms with Gasteiger partial charge in [0.15, 0.2) is 0 Å². The number of nitrogens with two attached hydrogens (primary N) is 1. The van der Waals surface area contributed by atoms with Crippen LogP contribution < -0.4 is 11.1 Å². The number of amides is 2. The number of halogens is 1. The van der Waals surface area contributed by atoms with Crippen molar-refractivity contribution >= 4 is 23.6 Å². The van der Waals surface area contributed by atoms with Crippen molar-refractivity contribution in [1.29, 1.82) is 0 Å². The van der Waals surface area contributed by atoms with Crippen molar-refractivity contribution < 1.29 is 14.3 Å². The summed E-state index contributed by atoms with van der Waals surface area (Å²) in [4.78, 5) is 24.0. The molecule has 0 aromatic heterocycles. The van der Waals surface area contributed by atoms with Crippen LogP contribution in [0.1, 0.15) is 45.6 Å². The predicted octanol–water partition coefficient (Wildman–Crippen LogP) is 3.32. The zero-order valence-electron chi connectivity index (χ0n) is 15.9. The van der Waals surface area contributed by atoms with Crippen molar-refractivity contribution in [3.05, 3.63) is 34.9 Å². The SMILES string of the molecule is CC(C)(C)OC(N)=O.O=C(CN1CCCCC1)NCc1ccc(Cl)cc1. The van der Waals surface area contributed by atoms with E-state index in [2.05, 4.69) is 15.0 Å². The molecule has 0 radical (unpaired) electrons. The van der Waals surface area contributed by atoms with Gasteiger partial charge in [-0.25, -0.2) is 4.79 Å². The van der Waals surface area contributed by atoms with Gasteiger partial charge < -0.3 is 15.8 Å². The first-order valence-electron chi connectivity index (χ1n) is 8.87. The topological polar surface area (TPSA) is 84.7 Å². The highest BCUT2D eigenvalue weighted by Crippen LogP contribution is 2.10. The summed E-state index contributed by atoms with van der Waals surface area (Å²) in [5.74, 6) is 0.104. The van der Waals surface area contributed by atoms with Crippen LogP contribution in [0.4, 0.5) is 4.79 Å². The lowest BCUT2D eigenvalue weighted by molar-refractivity contribution is -0.122. The number of hydrogen-bond donors (Lipinski definition) is 2. The number of benzene rings is 1. The Kier molecular flexibility index (Phi) is 9.44. The van der Waals surface area contributed by atoms with Crippen molar-refractivity contribution in [1.82, 2.24) is 10.2 Å². The van der Waals surface area contributed by atoms with Crippen LogP contribution in [0, 0.1) is 0 Å². The van der Waals surface area contributed by atoms with Crippen molar-refractivity contribution in [2.75, 3.05) is 19.6 Å². The van der Waals surface area contributed by atoms with Crippen LogP contribution in [0.25, 0.3) is 0 Å². The van der Waals surface area contributed by atoms with Gasteiger partial charge in [0.1, 0.15) is 5.60 Å².